The van der Waals surface area contributed by atoms with Crippen LogP contribution in [0.2, 0.25) is 0 Å². The van der Waals surface area contributed by atoms with Crippen molar-refractivity contribution in [3.8, 4) is 78.7 Å². The molecule has 0 unspecified atom stereocenters. The minimum Gasteiger partial charge on any atom is -0.208 e. The Morgan fingerprint density at radius 2 is 0.661 bits per heavy atom. The number of rotatable bonds is 7. The van der Waals surface area contributed by atoms with Crippen LogP contribution >= 0.6 is 0 Å². The molecule has 0 aliphatic rings. The van der Waals surface area contributed by atoms with Crippen molar-refractivity contribution in [2.75, 3.05) is 0 Å². The molecule has 0 spiro atoms. The fraction of sp³-hybridized carbons (Fsp3) is 0. The van der Waals surface area contributed by atoms with Crippen molar-refractivity contribution < 1.29 is 0 Å². The fourth-order valence-corrected chi connectivity index (χ4v) is 7.60. The summed E-state index contributed by atoms with van der Waals surface area (Å²) in [4.78, 5) is 15.4. The van der Waals surface area contributed by atoms with E-state index < -0.39 is 0 Å². The zero-order valence-electron chi connectivity index (χ0n) is 30.5. The minimum absolute atomic E-state index is 0.621. The van der Waals surface area contributed by atoms with Crippen molar-refractivity contribution in [2.45, 2.75) is 0 Å². The first kappa shape index (κ1) is 33.1. The van der Waals surface area contributed by atoms with Crippen LogP contribution in [0.5, 0.6) is 0 Å². The number of hydrogen-bond donors (Lipinski definition) is 0. The average Bonchev–Trinajstić information content (AvgIpc) is 3.29. The van der Waals surface area contributed by atoms with Crippen molar-refractivity contribution in [1.82, 2.24) is 15.0 Å². The number of benzene rings is 9. The van der Waals surface area contributed by atoms with Gasteiger partial charge in [0.15, 0.2) is 17.5 Å². The third-order valence-electron chi connectivity index (χ3n) is 10.5. The highest BCUT2D eigenvalue weighted by Crippen LogP contribution is 2.36. The molecular formula is C53H35N3. The van der Waals surface area contributed by atoms with Crippen molar-refractivity contribution in [3.05, 3.63) is 212 Å². The number of hydrogen-bond acceptors (Lipinski definition) is 3. The molecule has 10 aromatic rings. The number of aromatic nitrogens is 3. The Bertz CT molecular complexity index is 3000. The molecule has 1 heterocycles. The van der Waals surface area contributed by atoms with E-state index in [1.165, 1.54) is 32.7 Å². The maximum Gasteiger partial charge on any atom is 0.164 e. The normalized spacial score (nSPS) is 11.2. The molecule has 9 aromatic carbocycles. The molecule has 0 saturated heterocycles. The van der Waals surface area contributed by atoms with E-state index in [0.717, 1.165) is 50.1 Å². The van der Waals surface area contributed by atoms with Gasteiger partial charge in [-0.15, -0.1) is 0 Å². The monoisotopic (exact) mass is 713 g/mol. The molecule has 0 atom stereocenters. The highest BCUT2D eigenvalue weighted by Gasteiger charge is 2.16. The van der Waals surface area contributed by atoms with E-state index in [9.17, 15) is 0 Å². The summed E-state index contributed by atoms with van der Waals surface area (Å²) < 4.78 is 0. The highest BCUT2D eigenvalue weighted by atomic mass is 15.0. The van der Waals surface area contributed by atoms with Gasteiger partial charge in [-0.05, 0) is 96.4 Å². The van der Waals surface area contributed by atoms with Gasteiger partial charge in [0.25, 0.3) is 0 Å². The molecule has 0 saturated carbocycles. The second-order valence-corrected chi connectivity index (χ2v) is 14.1. The van der Waals surface area contributed by atoms with E-state index in [1.54, 1.807) is 0 Å². The molecule has 0 N–H and O–H groups in total. The smallest absolute Gasteiger partial charge is 0.164 e. The molecule has 3 heteroatoms. The third kappa shape index (κ3) is 6.52. The SMILES string of the molecule is c1ccc(-c2cccc(-c3nc(-c4ccccc4)nc(-c4cc(-c5ccc(-c6cccc7ccccc67)cc5)cc(-c5ccc6ccccc6c5)c4)n3)c2)cc1. The first-order chi connectivity index (χ1) is 27.7. The van der Waals surface area contributed by atoms with E-state index in [4.69, 9.17) is 15.0 Å². The lowest BCUT2D eigenvalue weighted by molar-refractivity contribution is 1.07. The molecule has 10 rings (SSSR count). The Morgan fingerprint density at radius 1 is 0.214 bits per heavy atom. The molecule has 0 amide bonds. The van der Waals surface area contributed by atoms with E-state index in [2.05, 4.69) is 188 Å². The van der Waals surface area contributed by atoms with E-state index in [0.29, 0.717) is 17.5 Å². The maximum atomic E-state index is 5.21. The van der Waals surface area contributed by atoms with Crippen LogP contribution < -0.4 is 0 Å². The highest BCUT2D eigenvalue weighted by molar-refractivity contribution is 5.97. The van der Waals surface area contributed by atoms with Gasteiger partial charge < -0.3 is 0 Å². The molecule has 0 bridgehead atoms. The van der Waals surface area contributed by atoms with Crippen molar-refractivity contribution in [3.63, 3.8) is 0 Å². The van der Waals surface area contributed by atoms with Gasteiger partial charge in [0.2, 0.25) is 0 Å². The average molecular weight is 714 g/mol. The van der Waals surface area contributed by atoms with Crippen molar-refractivity contribution in [1.29, 1.82) is 0 Å². The lowest BCUT2D eigenvalue weighted by Gasteiger charge is -2.14. The number of fused-ring (bicyclic) bond motifs is 2. The van der Waals surface area contributed by atoms with Gasteiger partial charge in [-0.2, -0.15) is 0 Å². The zero-order valence-corrected chi connectivity index (χ0v) is 30.5. The van der Waals surface area contributed by atoms with E-state index in [-0.39, 0.29) is 0 Å². The van der Waals surface area contributed by atoms with Crippen LogP contribution in [0.1, 0.15) is 0 Å². The van der Waals surface area contributed by atoms with Crippen molar-refractivity contribution in [2.24, 2.45) is 0 Å². The quantitative estimate of drug-likeness (QED) is 0.165. The predicted molar refractivity (Wildman–Crippen MR) is 233 cm³/mol. The second kappa shape index (κ2) is 14.4. The van der Waals surface area contributed by atoms with Crippen LogP contribution in [0.25, 0.3) is 100 Å². The van der Waals surface area contributed by atoms with Crippen LogP contribution in [-0.4, -0.2) is 15.0 Å². The van der Waals surface area contributed by atoms with E-state index in [1.807, 2.05) is 24.3 Å². The van der Waals surface area contributed by atoms with Gasteiger partial charge in [-0.1, -0.05) is 182 Å². The fourth-order valence-electron chi connectivity index (χ4n) is 7.60. The van der Waals surface area contributed by atoms with Crippen LogP contribution in [0.4, 0.5) is 0 Å². The Hall–Kier alpha value is -7.49. The molecule has 56 heavy (non-hydrogen) atoms. The van der Waals surface area contributed by atoms with Gasteiger partial charge in [0.1, 0.15) is 0 Å². The van der Waals surface area contributed by atoms with Gasteiger partial charge in [-0.25, -0.2) is 15.0 Å². The summed E-state index contributed by atoms with van der Waals surface area (Å²) >= 11 is 0. The molecule has 262 valence electrons. The summed E-state index contributed by atoms with van der Waals surface area (Å²) in [5, 5.41) is 4.89. The minimum atomic E-state index is 0.621. The van der Waals surface area contributed by atoms with Crippen LogP contribution in [0, 0.1) is 0 Å². The summed E-state index contributed by atoms with van der Waals surface area (Å²) in [7, 11) is 0. The zero-order chi connectivity index (χ0) is 37.3. The second-order valence-electron chi connectivity index (χ2n) is 14.1. The molecule has 0 radical (unpaired) electrons. The topological polar surface area (TPSA) is 38.7 Å². The Labute approximate surface area is 326 Å². The van der Waals surface area contributed by atoms with Crippen LogP contribution in [-0.2, 0) is 0 Å². The molecule has 3 nitrogen and oxygen atoms in total. The Morgan fingerprint density at radius 3 is 1.43 bits per heavy atom. The summed E-state index contributed by atoms with van der Waals surface area (Å²) in [5.74, 6) is 1.88. The standard InChI is InChI=1S/C53H35N3/c1-3-13-36(14-4-1)43-21-11-22-45(32-43)52-54-51(41-17-5-2-6-18-41)55-53(56-52)48-34-46(33-47(35-48)44-30-27-37-15-7-8-19-42(37)31-44)38-25-28-40(29-26-38)50-24-12-20-39-16-9-10-23-49(39)50/h1-35H. The molecule has 0 fully saturated rings. The van der Waals surface area contributed by atoms with Gasteiger partial charge >= 0.3 is 0 Å². The van der Waals surface area contributed by atoms with Gasteiger partial charge in [0, 0.05) is 16.7 Å². The first-order valence-electron chi connectivity index (χ1n) is 18.9. The van der Waals surface area contributed by atoms with E-state index >= 15 is 0 Å². The largest absolute Gasteiger partial charge is 0.208 e. The maximum absolute atomic E-state index is 5.21. The Balaban J connectivity index is 1.14. The predicted octanol–water partition coefficient (Wildman–Crippen LogP) is 13.8. The third-order valence-corrected chi connectivity index (χ3v) is 10.5. The van der Waals surface area contributed by atoms with Crippen LogP contribution in [0.3, 0.4) is 0 Å². The lowest BCUT2D eigenvalue weighted by atomic mass is 9.93. The van der Waals surface area contributed by atoms with Gasteiger partial charge in [0.05, 0.1) is 0 Å². The Kier molecular flexibility index (Phi) is 8.51. The first-order valence-corrected chi connectivity index (χ1v) is 18.9. The summed E-state index contributed by atoms with van der Waals surface area (Å²) in [6, 6.07) is 74.9. The number of nitrogens with zero attached hydrogens (tertiary/aromatic N) is 3. The van der Waals surface area contributed by atoms with Crippen LogP contribution in [0.15, 0.2) is 212 Å². The summed E-state index contributed by atoms with van der Waals surface area (Å²) in [5.41, 5.74) is 11.9. The van der Waals surface area contributed by atoms with Crippen molar-refractivity contribution >= 4 is 21.5 Å². The molecule has 0 aliphatic carbocycles. The lowest BCUT2D eigenvalue weighted by Crippen LogP contribution is -2.00. The summed E-state index contributed by atoms with van der Waals surface area (Å²) in [6.07, 6.45) is 0. The molecule has 0 aliphatic heterocycles. The molecular weight excluding hydrogens is 679 g/mol. The molecule has 1 aromatic heterocycles. The van der Waals surface area contributed by atoms with Gasteiger partial charge in [-0.3, -0.25) is 0 Å². The summed E-state index contributed by atoms with van der Waals surface area (Å²) in [6.45, 7) is 0.